The number of rotatable bonds is 11. The number of benzene rings is 1. The van der Waals surface area contributed by atoms with Crippen LogP contribution in [0.15, 0.2) is 34.4 Å². The number of ether oxygens (including phenoxy) is 2. The van der Waals surface area contributed by atoms with E-state index in [1.807, 2.05) is 11.8 Å². The molecule has 3 rings (SSSR count). The molecule has 0 fully saturated rings. The number of thiophene rings is 1. The molecule has 0 spiro atoms. The van der Waals surface area contributed by atoms with Gasteiger partial charge in [-0.3, -0.25) is 9.69 Å². The molecule has 30 heavy (non-hydrogen) atoms. The summed E-state index contributed by atoms with van der Waals surface area (Å²) in [5.41, 5.74) is 0.609. The van der Waals surface area contributed by atoms with Crippen LogP contribution in [-0.2, 0) is 16.0 Å². The Hall–Kier alpha value is -2.17. The minimum Gasteiger partial charge on any atom is -0.389 e. The molecule has 1 atom stereocenters. The van der Waals surface area contributed by atoms with E-state index in [1.54, 1.807) is 30.7 Å². The fraction of sp³-hybridized carbons (Fsp3) is 0.429. The van der Waals surface area contributed by atoms with E-state index in [-0.39, 0.29) is 18.0 Å². The Balaban J connectivity index is 1.85. The van der Waals surface area contributed by atoms with Crippen molar-refractivity contribution in [2.45, 2.75) is 19.6 Å². The molecule has 0 amide bonds. The van der Waals surface area contributed by atoms with E-state index in [2.05, 4.69) is 9.97 Å². The lowest BCUT2D eigenvalue weighted by atomic mass is 10.1. The zero-order valence-electron chi connectivity index (χ0n) is 17.1. The molecule has 7 nitrogen and oxygen atoms in total. The Labute approximate surface area is 178 Å². The predicted molar refractivity (Wildman–Crippen MR) is 115 cm³/mol. The molecule has 1 aromatic carbocycles. The van der Waals surface area contributed by atoms with E-state index in [0.717, 1.165) is 0 Å². The highest BCUT2D eigenvalue weighted by Gasteiger charge is 2.18. The van der Waals surface area contributed by atoms with Crippen LogP contribution in [0.1, 0.15) is 12.7 Å². The van der Waals surface area contributed by atoms with E-state index < -0.39 is 6.10 Å². The van der Waals surface area contributed by atoms with Crippen LogP contribution < -0.4 is 5.56 Å². The van der Waals surface area contributed by atoms with E-state index in [9.17, 15) is 14.3 Å². The average Bonchev–Trinajstić information content (AvgIpc) is 3.15. The van der Waals surface area contributed by atoms with E-state index in [1.165, 1.54) is 17.4 Å². The molecule has 0 aliphatic heterocycles. The maximum absolute atomic E-state index is 14.2. The maximum atomic E-state index is 14.2. The second-order valence-electron chi connectivity index (χ2n) is 6.86. The van der Waals surface area contributed by atoms with Crippen molar-refractivity contribution in [1.29, 1.82) is 0 Å². The van der Waals surface area contributed by atoms with Crippen LogP contribution >= 0.6 is 11.3 Å². The molecular weight excluding hydrogens is 409 g/mol. The van der Waals surface area contributed by atoms with Gasteiger partial charge in [-0.2, -0.15) is 0 Å². The van der Waals surface area contributed by atoms with E-state index in [4.69, 9.17) is 9.47 Å². The Bertz CT molecular complexity index is 1020. The molecule has 162 valence electrons. The smallest absolute Gasteiger partial charge is 0.260 e. The summed E-state index contributed by atoms with van der Waals surface area (Å²) < 4.78 is 24.6. The monoisotopic (exact) mass is 435 g/mol. The van der Waals surface area contributed by atoms with Crippen molar-refractivity contribution < 1.29 is 19.0 Å². The molecule has 3 aromatic rings. The number of hydrogen-bond donors (Lipinski definition) is 2. The lowest BCUT2D eigenvalue weighted by molar-refractivity contribution is 0.0144. The fourth-order valence-corrected chi connectivity index (χ4v) is 4.18. The summed E-state index contributed by atoms with van der Waals surface area (Å²) in [6.45, 7) is 4.37. The normalized spacial score (nSPS) is 12.7. The minimum absolute atomic E-state index is 0.236. The lowest BCUT2D eigenvalue weighted by Gasteiger charge is -2.24. The van der Waals surface area contributed by atoms with Crippen LogP contribution in [0, 0.1) is 5.82 Å². The van der Waals surface area contributed by atoms with Crippen molar-refractivity contribution in [3.63, 3.8) is 0 Å². The number of aliphatic hydroxyl groups is 1. The van der Waals surface area contributed by atoms with Crippen molar-refractivity contribution in [2.75, 3.05) is 40.0 Å². The summed E-state index contributed by atoms with van der Waals surface area (Å²) in [5.74, 6) is 0.101. The quantitative estimate of drug-likeness (QED) is 0.482. The molecule has 0 bridgehead atoms. The highest BCUT2D eigenvalue weighted by Crippen LogP contribution is 2.32. The third kappa shape index (κ3) is 5.50. The first-order valence-corrected chi connectivity index (χ1v) is 10.6. The minimum atomic E-state index is -0.661. The van der Waals surface area contributed by atoms with Crippen LogP contribution in [0.5, 0.6) is 0 Å². The van der Waals surface area contributed by atoms with Gasteiger partial charge in [-0.05, 0) is 13.0 Å². The second-order valence-corrected chi connectivity index (χ2v) is 7.72. The molecule has 0 saturated heterocycles. The van der Waals surface area contributed by atoms with Crippen LogP contribution in [0.2, 0.25) is 0 Å². The fourth-order valence-electron chi connectivity index (χ4n) is 3.22. The highest BCUT2D eigenvalue weighted by molar-refractivity contribution is 7.17. The van der Waals surface area contributed by atoms with Gasteiger partial charge in [0.2, 0.25) is 0 Å². The number of methoxy groups -OCH3 is 1. The third-order valence-electron chi connectivity index (χ3n) is 4.63. The number of aromatic amines is 1. The van der Waals surface area contributed by atoms with Crippen LogP contribution in [0.25, 0.3) is 21.3 Å². The topological polar surface area (TPSA) is 87.7 Å². The van der Waals surface area contributed by atoms with Gasteiger partial charge in [0.25, 0.3) is 5.56 Å². The standard InChI is InChI=1S/C21H26FN3O4S/c1-3-29-12-14(26)10-25(8-9-28-2)11-18-23-20(27)19-16(13-30-21(19)24-18)15-6-4-5-7-17(15)22/h4-7,13-14,26H,3,8-12H2,1-2H3,(H,23,24,27). The number of hydrogen-bond acceptors (Lipinski definition) is 7. The van der Waals surface area contributed by atoms with E-state index in [0.29, 0.717) is 60.0 Å². The number of halogens is 1. The highest BCUT2D eigenvalue weighted by atomic mass is 32.1. The van der Waals surface area contributed by atoms with Gasteiger partial charge in [0, 0.05) is 43.3 Å². The van der Waals surface area contributed by atoms with Crippen molar-refractivity contribution >= 4 is 21.6 Å². The Morgan fingerprint density at radius 3 is 2.87 bits per heavy atom. The summed E-state index contributed by atoms with van der Waals surface area (Å²) in [5, 5.41) is 12.3. The predicted octanol–water partition coefficient (Wildman–Crippen LogP) is 2.64. The summed E-state index contributed by atoms with van der Waals surface area (Å²) in [7, 11) is 1.61. The molecule has 9 heteroatoms. The zero-order chi connectivity index (χ0) is 21.5. The van der Waals surface area contributed by atoms with Crippen molar-refractivity contribution in [2.24, 2.45) is 0 Å². The molecule has 1 unspecified atom stereocenters. The number of H-pyrrole nitrogens is 1. The SMILES string of the molecule is CCOCC(O)CN(CCOC)Cc1nc2scc(-c3ccccc3F)c2c(=O)[nH]1. The number of aliphatic hydroxyl groups excluding tert-OH is 1. The Morgan fingerprint density at radius 1 is 1.33 bits per heavy atom. The zero-order valence-corrected chi connectivity index (χ0v) is 17.9. The Morgan fingerprint density at radius 2 is 2.13 bits per heavy atom. The summed E-state index contributed by atoms with van der Waals surface area (Å²) in [6, 6.07) is 6.37. The first-order chi connectivity index (χ1) is 14.5. The van der Waals surface area contributed by atoms with Gasteiger partial charge in [-0.15, -0.1) is 11.3 Å². The van der Waals surface area contributed by atoms with Crippen molar-refractivity contribution in [1.82, 2.24) is 14.9 Å². The molecular formula is C21H26FN3O4S. The average molecular weight is 436 g/mol. The van der Waals surface area contributed by atoms with Crippen LogP contribution in [0.4, 0.5) is 4.39 Å². The largest absolute Gasteiger partial charge is 0.389 e. The van der Waals surface area contributed by atoms with E-state index >= 15 is 0 Å². The maximum Gasteiger partial charge on any atom is 0.260 e. The van der Waals surface area contributed by atoms with Gasteiger partial charge < -0.3 is 19.6 Å². The van der Waals surface area contributed by atoms with Gasteiger partial charge in [0.1, 0.15) is 16.5 Å². The summed E-state index contributed by atoms with van der Waals surface area (Å²) in [4.78, 5) is 22.7. The molecule has 2 aromatic heterocycles. The van der Waals surface area contributed by atoms with Gasteiger partial charge in [0.05, 0.1) is 31.2 Å². The molecule has 0 aliphatic rings. The third-order valence-corrected chi connectivity index (χ3v) is 5.50. The molecule has 0 saturated carbocycles. The van der Waals surface area contributed by atoms with Gasteiger partial charge in [0.15, 0.2) is 0 Å². The van der Waals surface area contributed by atoms with Crippen molar-refractivity contribution in [3.05, 3.63) is 51.6 Å². The first-order valence-electron chi connectivity index (χ1n) is 9.75. The number of nitrogens with zero attached hydrogens (tertiary/aromatic N) is 2. The van der Waals surface area contributed by atoms with Gasteiger partial charge in [-0.1, -0.05) is 18.2 Å². The second kappa shape index (κ2) is 10.7. The number of aromatic nitrogens is 2. The molecule has 2 heterocycles. The summed E-state index contributed by atoms with van der Waals surface area (Å²) >= 11 is 1.31. The van der Waals surface area contributed by atoms with Gasteiger partial charge >= 0.3 is 0 Å². The Kier molecular flexibility index (Phi) is 8.06. The lowest BCUT2D eigenvalue weighted by Crippen LogP contribution is -2.37. The van der Waals surface area contributed by atoms with Gasteiger partial charge in [-0.25, -0.2) is 9.37 Å². The molecule has 0 aliphatic carbocycles. The first kappa shape index (κ1) is 22.5. The van der Waals surface area contributed by atoms with Crippen LogP contribution in [-0.4, -0.2) is 66.1 Å². The van der Waals surface area contributed by atoms with Crippen molar-refractivity contribution in [3.8, 4) is 11.1 Å². The molecule has 0 radical (unpaired) electrons. The number of fused-ring (bicyclic) bond motifs is 1. The summed E-state index contributed by atoms with van der Waals surface area (Å²) in [6.07, 6.45) is -0.661. The molecule has 2 N–H and O–H groups in total. The van der Waals surface area contributed by atoms with Crippen LogP contribution in [0.3, 0.4) is 0 Å². The number of nitrogens with one attached hydrogen (secondary N) is 1.